The van der Waals surface area contributed by atoms with Gasteiger partial charge in [0, 0.05) is 6.42 Å². The normalized spacial score (nSPS) is 14.7. The summed E-state index contributed by atoms with van der Waals surface area (Å²) in [7, 11) is 0. The Hall–Kier alpha value is -5.06. The number of aliphatic hydroxyl groups is 2. The number of aromatic hydroxyl groups is 1. The van der Waals surface area contributed by atoms with Crippen molar-refractivity contribution in [1.82, 2.24) is 26.6 Å². The molecular weight excluding hydrogens is 640 g/mol. The van der Waals surface area contributed by atoms with Crippen LogP contribution in [0.2, 0.25) is 0 Å². The topological polar surface area (TPSA) is 270 Å². The van der Waals surface area contributed by atoms with Crippen LogP contribution in [0.5, 0.6) is 5.75 Å². The molecule has 5 amide bonds. The number of benzene rings is 2. The number of carboxylic acids is 1. The average Bonchev–Trinajstić information content (AvgIpc) is 3.04. The molecule has 2 rings (SSSR count). The third-order valence-electron chi connectivity index (χ3n) is 7.29. The van der Waals surface area contributed by atoms with Crippen LogP contribution in [0.25, 0.3) is 0 Å². The van der Waals surface area contributed by atoms with E-state index in [0.29, 0.717) is 11.1 Å². The maximum Gasteiger partial charge on any atom is 0.328 e. The Bertz CT molecular complexity index is 1420. The quantitative estimate of drug-likeness (QED) is 0.0777. The SMILES string of the molecule is CC(C)C[C@H](NC(=O)[C@H](Cc1ccccc1)NC(=O)CNC(=O)[C@H](CO)NC(=O)[C@H](N)Cc1ccc(O)cc1)C(=O)N[C@@H](C(=O)O)[C@@H](C)O. The molecule has 0 radical (unpaired) electrons. The van der Waals surface area contributed by atoms with Crippen LogP contribution < -0.4 is 32.3 Å². The van der Waals surface area contributed by atoms with E-state index in [1.54, 1.807) is 56.3 Å². The number of carbonyl (C=O) groups excluding carboxylic acids is 5. The minimum Gasteiger partial charge on any atom is -0.508 e. The molecule has 0 aromatic heterocycles. The summed E-state index contributed by atoms with van der Waals surface area (Å²) < 4.78 is 0. The monoisotopic (exact) mass is 686 g/mol. The number of nitrogens with one attached hydrogen (secondary N) is 5. The van der Waals surface area contributed by atoms with Gasteiger partial charge in [-0.25, -0.2) is 4.79 Å². The smallest absolute Gasteiger partial charge is 0.328 e. The molecule has 16 nitrogen and oxygen atoms in total. The third kappa shape index (κ3) is 13.9. The van der Waals surface area contributed by atoms with E-state index in [0.717, 1.165) is 0 Å². The first-order chi connectivity index (χ1) is 23.1. The van der Waals surface area contributed by atoms with Gasteiger partial charge in [-0.2, -0.15) is 0 Å². The number of rotatable bonds is 19. The molecule has 0 heterocycles. The second kappa shape index (κ2) is 19.7. The van der Waals surface area contributed by atoms with Gasteiger partial charge in [0.05, 0.1) is 25.3 Å². The van der Waals surface area contributed by atoms with Crippen LogP contribution >= 0.6 is 0 Å². The van der Waals surface area contributed by atoms with E-state index in [1.807, 2.05) is 0 Å². The Labute approximate surface area is 283 Å². The first kappa shape index (κ1) is 40.1. The zero-order valence-electron chi connectivity index (χ0n) is 27.6. The van der Waals surface area contributed by atoms with Crippen LogP contribution in [-0.2, 0) is 41.6 Å². The van der Waals surface area contributed by atoms with Gasteiger partial charge in [-0.3, -0.25) is 24.0 Å². The summed E-state index contributed by atoms with van der Waals surface area (Å²) in [4.78, 5) is 76.3. The van der Waals surface area contributed by atoms with E-state index in [9.17, 15) is 49.2 Å². The molecule has 268 valence electrons. The molecule has 49 heavy (non-hydrogen) atoms. The second-order valence-corrected chi connectivity index (χ2v) is 12.0. The standard InChI is InChI=1S/C33H46N6O10/c1-18(2)13-24(32(47)39-28(19(3)41)33(48)49)37-31(46)25(15-20-7-5-4-6-8-20)36-27(43)16-35-30(45)26(17-40)38-29(44)23(34)14-21-9-11-22(42)12-10-21/h4-12,18-19,23-26,28,40-42H,13-17,34H2,1-3H3,(H,35,45)(H,36,43)(H,37,46)(H,38,44)(H,39,47)(H,48,49)/t19-,23-,24+,25+,26+,28-/m1/s1. The Kier molecular flexibility index (Phi) is 16.1. The average molecular weight is 687 g/mol. The van der Waals surface area contributed by atoms with Crippen molar-refractivity contribution in [3.63, 3.8) is 0 Å². The number of hydrogen-bond acceptors (Lipinski definition) is 10. The van der Waals surface area contributed by atoms with E-state index in [1.165, 1.54) is 19.1 Å². The molecule has 0 saturated heterocycles. The number of phenols is 1. The lowest BCUT2D eigenvalue weighted by molar-refractivity contribution is -0.145. The highest BCUT2D eigenvalue weighted by atomic mass is 16.4. The van der Waals surface area contributed by atoms with Gasteiger partial charge in [0.2, 0.25) is 29.5 Å². The second-order valence-electron chi connectivity index (χ2n) is 12.0. The van der Waals surface area contributed by atoms with Gasteiger partial charge in [-0.05, 0) is 48.9 Å². The van der Waals surface area contributed by atoms with E-state index >= 15 is 0 Å². The lowest BCUT2D eigenvalue weighted by atomic mass is 10.0. The Balaban J connectivity index is 2.09. The summed E-state index contributed by atoms with van der Waals surface area (Å²) >= 11 is 0. The molecule has 0 fully saturated rings. The van der Waals surface area contributed by atoms with Gasteiger partial charge in [0.15, 0.2) is 6.04 Å². The molecule has 0 aliphatic carbocycles. The molecule has 0 aliphatic heterocycles. The highest BCUT2D eigenvalue weighted by molar-refractivity contribution is 5.95. The van der Waals surface area contributed by atoms with Gasteiger partial charge in [0.25, 0.3) is 0 Å². The molecule has 0 unspecified atom stereocenters. The molecule has 0 spiro atoms. The van der Waals surface area contributed by atoms with Gasteiger partial charge in [0.1, 0.15) is 23.9 Å². The van der Waals surface area contributed by atoms with Crippen molar-refractivity contribution in [1.29, 1.82) is 0 Å². The maximum atomic E-state index is 13.5. The number of aliphatic carboxylic acids is 1. The molecule has 0 bridgehead atoms. The molecule has 2 aromatic carbocycles. The van der Waals surface area contributed by atoms with Crippen molar-refractivity contribution in [2.24, 2.45) is 11.7 Å². The van der Waals surface area contributed by atoms with Crippen molar-refractivity contribution >= 4 is 35.5 Å². The van der Waals surface area contributed by atoms with Crippen LogP contribution in [0.1, 0.15) is 38.3 Å². The fourth-order valence-electron chi connectivity index (χ4n) is 4.66. The molecule has 0 aliphatic rings. The number of nitrogens with two attached hydrogens (primary N) is 1. The van der Waals surface area contributed by atoms with Crippen molar-refractivity contribution in [3.8, 4) is 5.75 Å². The van der Waals surface area contributed by atoms with Gasteiger partial charge < -0.3 is 52.7 Å². The van der Waals surface area contributed by atoms with Crippen LogP contribution in [0.15, 0.2) is 54.6 Å². The van der Waals surface area contributed by atoms with Crippen LogP contribution in [-0.4, -0.2) is 105 Å². The van der Waals surface area contributed by atoms with E-state index < -0.39 is 85.0 Å². The molecule has 16 heteroatoms. The fraction of sp³-hybridized carbons (Fsp3) is 0.455. The fourth-order valence-corrected chi connectivity index (χ4v) is 4.66. The van der Waals surface area contributed by atoms with Gasteiger partial charge in [-0.1, -0.05) is 56.3 Å². The van der Waals surface area contributed by atoms with Gasteiger partial charge in [-0.15, -0.1) is 0 Å². The summed E-state index contributed by atoms with van der Waals surface area (Å²) in [6.45, 7) is 3.32. The molecule has 2 aromatic rings. The lowest BCUT2D eigenvalue weighted by Gasteiger charge is -2.26. The van der Waals surface area contributed by atoms with Crippen LogP contribution in [0.4, 0.5) is 0 Å². The summed E-state index contributed by atoms with van der Waals surface area (Å²) in [5.74, 6) is -5.59. The minimum atomic E-state index is -1.62. The Morgan fingerprint density at radius 1 is 0.714 bits per heavy atom. The molecule has 0 saturated carbocycles. The number of amides is 5. The number of aliphatic hydroxyl groups excluding tert-OH is 2. The Morgan fingerprint density at radius 3 is 1.84 bits per heavy atom. The first-order valence-corrected chi connectivity index (χ1v) is 15.7. The molecule has 6 atom stereocenters. The summed E-state index contributed by atoms with van der Waals surface area (Å²) in [5, 5.41) is 50.3. The van der Waals surface area contributed by atoms with Crippen molar-refractivity contribution in [2.75, 3.05) is 13.2 Å². The number of carboxylic acid groups (broad SMARTS) is 1. The number of hydrogen-bond donors (Lipinski definition) is 10. The van der Waals surface area contributed by atoms with Crippen molar-refractivity contribution in [2.45, 2.75) is 76.3 Å². The maximum absolute atomic E-state index is 13.5. The third-order valence-corrected chi connectivity index (χ3v) is 7.29. The first-order valence-electron chi connectivity index (χ1n) is 15.7. The van der Waals surface area contributed by atoms with E-state index in [-0.39, 0.29) is 30.9 Å². The summed E-state index contributed by atoms with van der Waals surface area (Å²) in [6, 6.07) is 8.05. The van der Waals surface area contributed by atoms with Crippen molar-refractivity contribution in [3.05, 3.63) is 65.7 Å². The molecule has 11 N–H and O–H groups in total. The predicted octanol–water partition coefficient (Wildman–Crippen LogP) is -1.94. The zero-order chi connectivity index (χ0) is 36.7. The lowest BCUT2D eigenvalue weighted by Crippen LogP contribution is -2.58. The highest BCUT2D eigenvalue weighted by Crippen LogP contribution is 2.11. The molecular formula is C33H46N6O10. The number of carbonyl (C=O) groups is 6. The van der Waals surface area contributed by atoms with Crippen LogP contribution in [0, 0.1) is 5.92 Å². The Morgan fingerprint density at radius 2 is 1.29 bits per heavy atom. The summed E-state index contributed by atoms with van der Waals surface area (Å²) in [5.41, 5.74) is 7.24. The zero-order valence-corrected chi connectivity index (χ0v) is 27.6. The highest BCUT2D eigenvalue weighted by Gasteiger charge is 2.32. The van der Waals surface area contributed by atoms with Crippen LogP contribution in [0.3, 0.4) is 0 Å². The predicted molar refractivity (Wildman–Crippen MR) is 177 cm³/mol. The summed E-state index contributed by atoms with van der Waals surface area (Å²) in [6.07, 6.45) is -1.24. The van der Waals surface area contributed by atoms with E-state index in [4.69, 9.17) is 5.73 Å². The van der Waals surface area contributed by atoms with E-state index in [2.05, 4.69) is 26.6 Å². The number of phenolic OH excluding ortho intramolecular Hbond substituents is 1. The van der Waals surface area contributed by atoms with Gasteiger partial charge >= 0.3 is 5.97 Å². The largest absolute Gasteiger partial charge is 0.508 e. The minimum absolute atomic E-state index is 0.0119. The van der Waals surface area contributed by atoms with Crippen molar-refractivity contribution < 1.29 is 49.2 Å².